The molecule has 0 aromatic heterocycles. The van der Waals surface area contributed by atoms with Gasteiger partial charge in [-0.05, 0) is 58.8 Å². The van der Waals surface area contributed by atoms with Crippen LogP contribution < -0.4 is 5.32 Å². The van der Waals surface area contributed by atoms with Crippen LogP contribution in [0.25, 0.3) is 0 Å². The van der Waals surface area contributed by atoms with Crippen LogP contribution in [-0.2, 0) is 6.54 Å². The van der Waals surface area contributed by atoms with Crippen molar-refractivity contribution >= 4 is 27.5 Å². The van der Waals surface area contributed by atoms with Crippen LogP contribution in [0, 0.1) is 17.7 Å². The maximum absolute atomic E-state index is 13.3. The van der Waals surface area contributed by atoms with Gasteiger partial charge in [-0.25, -0.2) is 4.39 Å². The maximum Gasteiger partial charge on any atom is 0.137 e. The lowest BCUT2D eigenvalue weighted by Gasteiger charge is -2.18. The standard InChI is InChI=1S/C14H18BrClFN/c15-14-12(5-2-6-13(14)17)9-18-8-11-4-1-3-10(11)7-16/h2,5-6,10-11,18H,1,3-4,7-9H2. The second kappa shape index (κ2) is 6.88. The molecule has 1 aromatic rings. The van der Waals surface area contributed by atoms with Crippen LogP contribution in [0.15, 0.2) is 22.7 Å². The number of alkyl halides is 1. The second-order valence-electron chi connectivity index (χ2n) is 4.95. The van der Waals surface area contributed by atoms with Crippen molar-refractivity contribution in [3.8, 4) is 0 Å². The topological polar surface area (TPSA) is 12.0 Å². The highest BCUT2D eigenvalue weighted by Crippen LogP contribution is 2.32. The van der Waals surface area contributed by atoms with Crippen LogP contribution in [0.1, 0.15) is 24.8 Å². The highest BCUT2D eigenvalue weighted by atomic mass is 79.9. The van der Waals surface area contributed by atoms with Gasteiger partial charge in [-0.3, -0.25) is 0 Å². The van der Waals surface area contributed by atoms with Gasteiger partial charge in [0.25, 0.3) is 0 Å². The smallest absolute Gasteiger partial charge is 0.137 e. The number of rotatable bonds is 5. The Bertz CT molecular complexity index is 399. The van der Waals surface area contributed by atoms with Crippen LogP contribution in [0.3, 0.4) is 0 Å². The molecule has 0 spiro atoms. The van der Waals surface area contributed by atoms with Crippen molar-refractivity contribution in [2.75, 3.05) is 12.4 Å². The Labute approximate surface area is 121 Å². The van der Waals surface area contributed by atoms with Gasteiger partial charge in [0.05, 0.1) is 4.47 Å². The van der Waals surface area contributed by atoms with Gasteiger partial charge in [0.1, 0.15) is 5.82 Å². The summed E-state index contributed by atoms with van der Waals surface area (Å²) >= 11 is 9.24. The van der Waals surface area contributed by atoms with Crippen LogP contribution >= 0.6 is 27.5 Å². The number of hydrogen-bond acceptors (Lipinski definition) is 1. The molecule has 0 radical (unpaired) electrons. The number of hydrogen-bond donors (Lipinski definition) is 1. The molecule has 2 rings (SSSR count). The molecule has 1 saturated carbocycles. The average Bonchev–Trinajstić information content (AvgIpc) is 2.82. The Morgan fingerprint density at radius 2 is 2.11 bits per heavy atom. The van der Waals surface area contributed by atoms with E-state index in [1.165, 1.54) is 25.3 Å². The molecule has 1 fully saturated rings. The predicted octanol–water partition coefficient (Wildman–Crippen LogP) is 4.33. The van der Waals surface area contributed by atoms with E-state index in [0.717, 1.165) is 18.0 Å². The molecule has 0 aliphatic heterocycles. The van der Waals surface area contributed by atoms with Crippen LogP contribution in [0.4, 0.5) is 4.39 Å². The summed E-state index contributed by atoms with van der Waals surface area (Å²) in [6.07, 6.45) is 3.79. The summed E-state index contributed by atoms with van der Waals surface area (Å²) in [5.74, 6) is 1.88. The fourth-order valence-electron chi connectivity index (χ4n) is 2.66. The van der Waals surface area contributed by atoms with E-state index in [2.05, 4.69) is 21.2 Å². The summed E-state index contributed by atoms with van der Waals surface area (Å²) in [6, 6.07) is 5.15. The zero-order chi connectivity index (χ0) is 13.0. The molecular formula is C14H18BrClFN. The Hall–Kier alpha value is -0.120. The molecule has 0 heterocycles. The van der Waals surface area contributed by atoms with Crippen LogP contribution in [0.5, 0.6) is 0 Å². The van der Waals surface area contributed by atoms with Gasteiger partial charge in [0.2, 0.25) is 0 Å². The van der Waals surface area contributed by atoms with Crippen molar-refractivity contribution in [2.24, 2.45) is 11.8 Å². The first-order valence-electron chi connectivity index (χ1n) is 6.42. The third-order valence-electron chi connectivity index (χ3n) is 3.77. The van der Waals surface area contributed by atoms with Crippen molar-refractivity contribution in [2.45, 2.75) is 25.8 Å². The summed E-state index contributed by atoms with van der Waals surface area (Å²) in [7, 11) is 0. The highest BCUT2D eigenvalue weighted by molar-refractivity contribution is 9.10. The molecule has 1 aromatic carbocycles. The molecule has 1 N–H and O–H groups in total. The monoisotopic (exact) mass is 333 g/mol. The summed E-state index contributed by atoms with van der Waals surface area (Å²) in [4.78, 5) is 0. The van der Waals surface area contributed by atoms with Crippen molar-refractivity contribution in [3.63, 3.8) is 0 Å². The third-order valence-corrected chi connectivity index (χ3v) is 5.05. The van der Waals surface area contributed by atoms with E-state index >= 15 is 0 Å². The van der Waals surface area contributed by atoms with Crippen molar-refractivity contribution in [3.05, 3.63) is 34.1 Å². The van der Waals surface area contributed by atoms with E-state index in [0.29, 0.717) is 22.9 Å². The van der Waals surface area contributed by atoms with Gasteiger partial charge in [-0.1, -0.05) is 18.6 Å². The molecule has 18 heavy (non-hydrogen) atoms. The van der Waals surface area contributed by atoms with Crippen molar-refractivity contribution in [1.82, 2.24) is 5.32 Å². The molecule has 4 heteroatoms. The molecule has 1 aliphatic rings. The third kappa shape index (κ3) is 3.46. The molecule has 0 saturated heterocycles. The molecule has 100 valence electrons. The fourth-order valence-corrected chi connectivity index (χ4v) is 3.47. The lowest BCUT2D eigenvalue weighted by Crippen LogP contribution is -2.25. The second-order valence-corrected chi connectivity index (χ2v) is 6.05. The first kappa shape index (κ1) is 14.3. The van der Waals surface area contributed by atoms with E-state index in [9.17, 15) is 4.39 Å². The average molecular weight is 335 g/mol. The first-order chi connectivity index (χ1) is 8.72. The highest BCUT2D eigenvalue weighted by Gasteiger charge is 2.25. The zero-order valence-electron chi connectivity index (χ0n) is 10.3. The lowest BCUT2D eigenvalue weighted by molar-refractivity contribution is 0.395. The summed E-state index contributed by atoms with van der Waals surface area (Å²) < 4.78 is 13.9. The molecular weight excluding hydrogens is 317 g/mol. The van der Waals surface area contributed by atoms with Crippen LogP contribution in [0.2, 0.25) is 0 Å². The van der Waals surface area contributed by atoms with Gasteiger partial charge in [-0.15, -0.1) is 11.6 Å². The maximum atomic E-state index is 13.3. The molecule has 2 unspecified atom stereocenters. The zero-order valence-corrected chi connectivity index (χ0v) is 12.6. The Kier molecular flexibility index (Phi) is 5.46. The van der Waals surface area contributed by atoms with E-state index < -0.39 is 0 Å². The van der Waals surface area contributed by atoms with Gasteiger partial charge in [-0.2, -0.15) is 0 Å². The van der Waals surface area contributed by atoms with E-state index in [1.54, 1.807) is 6.07 Å². The fraction of sp³-hybridized carbons (Fsp3) is 0.571. The predicted molar refractivity (Wildman–Crippen MR) is 77.4 cm³/mol. The first-order valence-corrected chi connectivity index (χ1v) is 7.74. The van der Waals surface area contributed by atoms with Crippen molar-refractivity contribution in [1.29, 1.82) is 0 Å². The Morgan fingerprint density at radius 3 is 2.89 bits per heavy atom. The van der Waals surface area contributed by atoms with Gasteiger partial charge < -0.3 is 5.32 Å². The molecule has 1 nitrogen and oxygen atoms in total. The van der Waals surface area contributed by atoms with Crippen LogP contribution in [-0.4, -0.2) is 12.4 Å². The molecule has 1 aliphatic carbocycles. The molecule has 0 bridgehead atoms. The largest absolute Gasteiger partial charge is 0.312 e. The Balaban J connectivity index is 1.83. The quantitative estimate of drug-likeness (QED) is 0.790. The minimum atomic E-state index is -0.200. The molecule has 2 atom stereocenters. The lowest BCUT2D eigenvalue weighted by atomic mass is 9.98. The summed E-state index contributed by atoms with van der Waals surface area (Å²) in [6.45, 7) is 1.67. The normalized spacial score (nSPS) is 23.5. The summed E-state index contributed by atoms with van der Waals surface area (Å²) in [5, 5.41) is 3.42. The van der Waals surface area contributed by atoms with E-state index in [4.69, 9.17) is 11.6 Å². The van der Waals surface area contributed by atoms with Gasteiger partial charge in [0.15, 0.2) is 0 Å². The SMILES string of the molecule is Fc1cccc(CNCC2CCCC2CCl)c1Br. The van der Waals surface area contributed by atoms with E-state index in [-0.39, 0.29) is 5.82 Å². The summed E-state index contributed by atoms with van der Waals surface area (Å²) in [5.41, 5.74) is 0.968. The van der Waals surface area contributed by atoms with Crippen molar-refractivity contribution < 1.29 is 4.39 Å². The van der Waals surface area contributed by atoms with E-state index in [1.807, 2.05) is 6.07 Å². The number of nitrogens with one attached hydrogen (secondary N) is 1. The van der Waals surface area contributed by atoms with Gasteiger partial charge >= 0.3 is 0 Å². The number of benzene rings is 1. The minimum Gasteiger partial charge on any atom is -0.312 e. The van der Waals surface area contributed by atoms with Gasteiger partial charge in [0, 0.05) is 12.4 Å². The Morgan fingerprint density at radius 1 is 1.33 bits per heavy atom. The molecule has 0 amide bonds. The number of halogens is 3. The minimum absolute atomic E-state index is 0.200.